The smallest absolute Gasteiger partial charge is 0.339 e. The van der Waals surface area contributed by atoms with Crippen LogP contribution < -0.4 is 15.1 Å². The number of benzene rings is 6. The largest absolute Gasteiger partial charge is 0.489 e. The van der Waals surface area contributed by atoms with Gasteiger partial charge in [0.2, 0.25) is 0 Å². The van der Waals surface area contributed by atoms with Gasteiger partial charge in [0.15, 0.2) is 0 Å². The molecule has 0 bridgehead atoms. The zero-order valence-electron chi connectivity index (χ0n) is 28.0. The van der Waals surface area contributed by atoms with E-state index in [4.69, 9.17) is 13.9 Å². The number of carboxylic acid groups (broad SMARTS) is 1. The first-order chi connectivity index (χ1) is 24.9. The van der Waals surface area contributed by atoms with E-state index in [0.717, 1.165) is 49.7 Å². The average Bonchev–Trinajstić information content (AvgIpc) is 3.15. The zero-order valence-corrected chi connectivity index (χ0v) is 28.0. The molecule has 0 saturated heterocycles. The molecule has 0 spiro atoms. The van der Waals surface area contributed by atoms with Crippen molar-refractivity contribution in [3.05, 3.63) is 172 Å². The lowest BCUT2D eigenvalue weighted by molar-refractivity contribution is -0.144. The van der Waals surface area contributed by atoms with Gasteiger partial charge in [0.25, 0.3) is 0 Å². The summed E-state index contributed by atoms with van der Waals surface area (Å²) in [5.41, 5.74) is 7.30. The Balaban J connectivity index is 1.16. The van der Waals surface area contributed by atoms with Crippen LogP contribution in [0.5, 0.6) is 17.2 Å². The molecule has 1 N–H and O–H groups in total. The van der Waals surface area contributed by atoms with E-state index in [-0.39, 0.29) is 0 Å². The third-order valence-electron chi connectivity index (χ3n) is 9.78. The van der Waals surface area contributed by atoms with E-state index in [2.05, 4.69) is 31.2 Å². The third-order valence-corrected chi connectivity index (χ3v) is 9.78. The minimum absolute atomic E-state index is 0.307. The van der Waals surface area contributed by atoms with E-state index in [0.29, 0.717) is 54.3 Å². The van der Waals surface area contributed by atoms with E-state index in [1.54, 1.807) is 0 Å². The Bertz CT molecular complexity index is 2470. The summed E-state index contributed by atoms with van der Waals surface area (Å²) in [4.78, 5) is 27.4. The fourth-order valence-electron chi connectivity index (χ4n) is 7.05. The maximum atomic E-state index is 12.9. The standard InChI is InChI=1S/C44H35NO6/c1-28-34(15-9-17-36(28)29-10-3-2-4-11-29)27-49-35-20-18-33(26-45-25-32-14-6-5-13-31(32)22-39(45)44(47)48)40(23-35)50-41-24-42(46)51-43-37-16-8-7-12-30(37)19-21-38(41)43/h2-21,23-24,39H,22,25-27H2,1H3,(H,47,48)/t39-/m1/s1. The van der Waals surface area contributed by atoms with Crippen LogP contribution >= 0.6 is 0 Å². The van der Waals surface area contributed by atoms with E-state index < -0.39 is 17.6 Å². The van der Waals surface area contributed by atoms with Gasteiger partial charge in [-0.25, -0.2) is 4.79 Å². The predicted octanol–water partition coefficient (Wildman–Crippen LogP) is 9.30. The highest BCUT2D eigenvalue weighted by Crippen LogP contribution is 2.37. The second-order valence-electron chi connectivity index (χ2n) is 12.9. The number of carboxylic acids is 1. The molecule has 7 heteroatoms. The summed E-state index contributed by atoms with van der Waals surface area (Å²) in [6.45, 7) is 3.22. The molecular weight excluding hydrogens is 638 g/mol. The molecule has 7 aromatic rings. The summed E-state index contributed by atoms with van der Waals surface area (Å²) in [5, 5.41) is 12.6. The summed E-state index contributed by atoms with van der Waals surface area (Å²) in [6, 6.07) is 42.3. The van der Waals surface area contributed by atoms with Gasteiger partial charge >= 0.3 is 11.6 Å². The van der Waals surface area contributed by atoms with Crippen LogP contribution in [-0.4, -0.2) is 22.0 Å². The summed E-state index contributed by atoms with van der Waals surface area (Å²) in [5.74, 6) is 0.509. The monoisotopic (exact) mass is 673 g/mol. The van der Waals surface area contributed by atoms with Gasteiger partial charge in [0, 0.05) is 30.1 Å². The second-order valence-corrected chi connectivity index (χ2v) is 12.9. The molecule has 7 nitrogen and oxygen atoms in total. The Morgan fingerprint density at radius 3 is 2.41 bits per heavy atom. The van der Waals surface area contributed by atoms with E-state index in [1.165, 1.54) is 6.07 Å². The SMILES string of the molecule is Cc1c(COc2ccc(CN3Cc4ccccc4C[C@@H]3C(=O)O)c(Oc3cc(=O)oc4c3ccc3ccccc34)c2)cccc1-c1ccccc1. The molecule has 2 heterocycles. The first kappa shape index (κ1) is 32.0. The van der Waals surface area contributed by atoms with Gasteiger partial charge in [-0.05, 0) is 64.2 Å². The molecule has 1 aromatic heterocycles. The van der Waals surface area contributed by atoms with Crippen LogP contribution in [0.4, 0.5) is 0 Å². The lowest BCUT2D eigenvalue weighted by Crippen LogP contribution is -2.45. The number of carbonyl (C=O) groups is 1. The first-order valence-corrected chi connectivity index (χ1v) is 17.0. The molecule has 1 aliphatic rings. The van der Waals surface area contributed by atoms with Gasteiger partial charge in [-0.3, -0.25) is 9.69 Å². The van der Waals surface area contributed by atoms with Crippen molar-refractivity contribution in [2.45, 2.75) is 39.1 Å². The summed E-state index contributed by atoms with van der Waals surface area (Å²) >= 11 is 0. The number of hydrogen-bond donors (Lipinski definition) is 1. The quantitative estimate of drug-likeness (QED) is 0.121. The highest BCUT2D eigenvalue weighted by atomic mass is 16.5. The van der Waals surface area contributed by atoms with E-state index in [1.807, 2.05) is 108 Å². The van der Waals surface area contributed by atoms with Crippen molar-refractivity contribution < 1.29 is 23.8 Å². The molecule has 0 fully saturated rings. The van der Waals surface area contributed by atoms with Gasteiger partial charge in [0.05, 0.1) is 11.5 Å². The minimum Gasteiger partial charge on any atom is -0.489 e. The molecule has 0 aliphatic carbocycles. The van der Waals surface area contributed by atoms with Gasteiger partial charge in [-0.1, -0.05) is 109 Å². The maximum absolute atomic E-state index is 12.9. The van der Waals surface area contributed by atoms with Crippen molar-refractivity contribution in [3.63, 3.8) is 0 Å². The van der Waals surface area contributed by atoms with Crippen LogP contribution in [0.15, 0.2) is 143 Å². The summed E-state index contributed by atoms with van der Waals surface area (Å²) < 4.78 is 18.7. The topological polar surface area (TPSA) is 89.2 Å². The Morgan fingerprint density at radius 2 is 1.57 bits per heavy atom. The molecule has 0 unspecified atom stereocenters. The Morgan fingerprint density at radius 1 is 0.784 bits per heavy atom. The molecule has 51 heavy (non-hydrogen) atoms. The highest BCUT2D eigenvalue weighted by Gasteiger charge is 2.32. The van der Waals surface area contributed by atoms with Crippen LogP contribution in [0.3, 0.4) is 0 Å². The number of rotatable bonds is 9. The van der Waals surface area contributed by atoms with Gasteiger partial charge < -0.3 is 19.0 Å². The lowest BCUT2D eigenvalue weighted by atomic mass is 9.93. The molecule has 0 saturated carbocycles. The molecule has 1 aliphatic heterocycles. The molecular formula is C44H35NO6. The van der Waals surface area contributed by atoms with Crippen molar-refractivity contribution in [1.82, 2.24) is 4.90 Å². The predicted molar refractivity (Wildman–Crippen MR) is 198 cm³/mol. The van der Waals surface area contributed by atoms with Gasteiger partial charge in [-0.2, -0.15) is 0 Å². The highest BCUT2D eigenvalue weighted by molar-refractivity contribution is 6.05. The van der Waals surface area contributed by atoms with Crippen molar-refractivity contribution in [1.29, 1.82) is 0 Å². The van der Waals surface area contributed by atoms with Crippen LogP contribution in [-0.2, 0) is 30.9 Å². The number of fused-ring (bicyclic) bond motifs is 4. The number of ether oxygens (including phenoxy) is 2. The third kappa shape index (κ3) is 6.47. The first-order valence-electron chi connectivity index (χ1n) is 17.0. The number of aliphatic carboxylic acids is 1. The molecule has 252 valence electrons. The zero-order chi connectivity index (χ0) is 34.9. The Kier molecular flexibility index (Phi) is 8.56. The molecule has 1 atom stereocenters. The molecule has 0 amide bonds. The van der Waals surface area contributed by atoms with E-state index in [9.17, 15) is 14.7 Å². The minimum atomic E-state index is -0.876. The van der Waals surface area contributed by atoms with Gasteiger partial charge in [0.1, 0.15) is 35.5 Å². The van der Waals surface area contributed by atoms with Gasteiger partial charge in [-0.15, -0.1) is 0 Å². The number of hydrogen-bond acceptors (Lipinski definition) is 6. The van der Waals surface area contributed by atoms with Crippen LogP contribution in [0.1, 0.15) is 27.8 Å². The van der Waals surface area contributed by atoms with Crippen LogP contribution in [0.25, 0.3) is 32.9 Å². The van der Waals surface area contributed by atoms with Crippen molar-refractivity contribution in [2.24, 2.45) is 0 Å². The normalized spacial score (nSPS) is 14.3. The van der Waals surface area contributed by atoms with E-state index >= 15 is 0 Å². The Hall–Kier alpha value is -6.18. The fourth-order valence-corrected chi connectivity index (χ4v) is 7.05. The Labute approximate surface area is 294 Å². The summed E-state index contributed by atoms with van der Waals surface area (Å²) in [6.07, 6.45) is 0.404. The molecule has 6 aromatic carbocycles. The maximum Gasteiger partial charge on any atom is 0.339 e. The lowest BCUT2D eigenvalue weighted by Gasteiger charge is -2.34. The average molecular weight is 674 g/mol. The summed E-state index contributed by atoms with van der Waals surface area (Å²) in [7, 11) is 0. The van der Waals surface area contributed by atoms with Crippen molar-refractivity contribution in [2.75, 3.05) is 0 Å². The molecule has 8 rings (SSSR count). The van der Waals surface area contributed by atoms with Crippen LogP contribution in [0.2, 0.25) is 0 Å². The van der Waals surface area contributed by atoms with Crippen molar-refractivity contribution in [3.8, 4) is 28.4 Å². The number of nitrogens with zero attached hydrogens (tertiary/aromatic N) is 1. The molecule has 0 radical (unpaired) electrons. The fraction of sp³-hybridized carbons (Fsp3) is 0.136. The second kappa shape index (κ2) is 13.6. The van der Waals surface area contributed by atoms with Crippen molar-refractivity contribution >= 4 is 27.7 Å². The van der Waals surface area contributed by atoms with Crippen LogP contribution in [0, 0.1) is 6.92 Å².